The van der Waals surface area contributed by atoms with E-state index in [0.29, 0.717) is 34.4 Å². The molecule has 2 aromatic carbocycles. The number of aromatic nitrogens is 3. The molecule has 0 atom stereocenters. The number of likely N-dealkylation sites (N-methyl/N-ethyl adjacent to an activating group) is 1. The highest BCUT2D eigenvalue weighted by Crippen LogP contribution is 2.24. The van der Waals surface area contributed by atoms with E-state index in [1.165, 1.54) is 24.4 Å². The summed E-state index contributed by atoms with van der Waals surface area (Å²) in [5, 5.41) is 10.2. The first kappa shape index (κ1) is 22.3. The normalized spacial score (nSPS) is 10.7. The Morgan fingerprint density at radius 3 is 2.45 bits per heavy atom. The van der Waals surface area contributed by atoms with Crippen molar-refractivity contribution < 1.29 is 14.3 Å². The second kappa shape index (κ2) is 10.6. The summed E-state index contributed by atoms with van der Waals surface area (Å²) in [4.78, 5) is 30.8. The van der Waals surface area contributed by atoms with E-state index in [2.05, 4.69) is 20.7 Å². The lowest BCUT2D eigenvalue weighted by Gasteiger charge is -2.20. The van der Waals surface area contributed by atoms with Crippen molar-refractivity contribution in [3.05, 3.63) is 60.1 Å². The van der Waals surface area contributed by atoms with E-state index in [9.17, 15) is 9.59 Å². The lowest BCUT2D eigenvalue weighted by molar-refractivity contribution is -0.119. The van der Waals surface area contributed by atoms with Gasteiger partial charge in [0.25, 0.3) is 0 Å². The van der Waals surface area contributed by atoms with Gasteiger partial charge < -0.3 is 15.4 Å². The van der Waals surface area contributed by atoms with E-state index in [1.807, 2.05) is 13.0 Å². The molecule has 0 spiro atoms. The zero-order valence-electron chi connectivity index (χ0n) is 17.2. The fourth-order valence-electron chi connectivity index (χ4n) is 2.95. The number of para-hydroxylation sites is 2. The van der Waals surface area contributed by atoms with Crippen LogP contribution in [-0.2, 0) is 9.59 Å². The number of anilines is 2. The lowest BCUT2D eigenvalue weighted by atomic mass is 10.2. The summed E-state index contributed by atoms with van der Waals surface area (Å²) in [5.74, 6) is 0.0408. The second-order valence-electron chi connectivity index (χ2n) is 6.60. The van der Waals surface area contributed by atoms with Gasteiger partial charge in [-0.2, -0.15) is 5.10 Å². The molecule has 3 aromatic rings. The largest absolute Gasteiger partial charge is 0.495 e. The molecular formula is C21H23ClN6O3. The third-order valence-electron chi connectivity index (χ3n) is 4.46. The van der Waals surface area contributed by atoms with Crippen LogP contribution in [0.25, 0.3) is 5.69 Å². The number of carbonyl (C=O) groups is 2. The van der Waals surface area contributed by atoms with E-state index >= 15 is 0 Å². The minimum absolute atomic E-state index is 0.0269. The number of ether oxygens (including phenoxy) is 1. The molecule has 0 aliphatic heterocycles. The van der Waals surface area contributed by atoms with Crippen molar-refractivity contribution in [2.75, 3.05) is 37.4 Å². The highest BCUT2D eigenvalue weighted by Gasteiger charge is 2.16. The monoisotopic (exact) mass is 442 g/mol. The van der Waals surface area contributed by atoms with Gasteiger partial charge in [-0.05, 0) is 36.9 Å². The maximum Gasteiger partial charge on any atom is 0.238 e. The number of carbonyl (C=O) groups excluding carboxylic acids is 2. The molecule has 0 aliphatic rings. The maximum absolute atomic E-state index is 12.7. The molecule has 2 amide bonds. The van der Waals surface area contributed by atoms with E-state index < -0.39 is 0 Å². The Morgan fingerprint density at radius 2 is 1.81 bits per heavy atom. The summed E-state index contributed by atoms with van der Waals surface area (Å²) in [7, 11) is 1.54. The van der Waals surface area contributed by atoms with Crippen molar-refractivity contribution in [1.82, 2.24) is 19.7 Å². The SMILES string of the molecule is CCN(CC(=O)Nc1ccccc1OC)CC(=O)Nc1cc(Cl)ccc1-n1cncn1. The van der Waals surface area contributed by atoms with Crippen molar-refractivity contribution in [3.8, 4) is 11.4 Å². The van der Waals surface area contributed by atoms with Gasteiger partial charge in [-0.25, -0.2) is 9.67 Å². The van der Waals surface area contributed by atoms with Crippen LogP contribution in [0.3, 0.4) is 0 Å². The van der Waals surface area contributed by atoms with Crippen molar-refractivity contribution >= 4 is 34.8 Å². The number of amides is 2. The molecule has 0 fully saturated rings. The zero-order valence-corrected chi connectivity index (χ0v) is 18.0. The van der Waals surface area contributed by atoms with E-state index in [1.54, 1.807) is 41.3 Å². The van der Waals surface area contributed by atoms with Gasteiger partial charge in [0.1, 0.15) is 18.4 Å². The van der Waals surface area contributed by atoms with Gasteiger partial charge >= 0.3 is 0 Å². The first-order chi connectivity index (χ1) is 15.0. The molecule has 3 rings (SSSR count). The van der Waals surface area contributed by atoms with Gasteiger partial charge in [0.2, 0.25) is 11.8 Å². The van der Waals surface area contributed by atoms with E-state index in [0.717, 1.165) is 0 Å². The molecule has 0 bridgehead atoms. The van der Waals surface area contributed by atoms with Crippen LogP contribution in [0.15, 0.2) is 55.1 Å². The van der Waals surface area contributed by atoms with Crippen molar-refractivity contribution in [2.24, 2.45) is 0 Å². The summed E-state index contributed by atoms with van der Waals surface area (Å²) < 4.78 is 6.78. The lowest BCUT2D eigenvalue weighted by Crippen LogP contribution is -2.38. The molecule has 162 valence electrons. The van der Waals surface area contributed by atoms with Gasteiger partial charge in [0.05, 0.1) is 37.3 Å². The molecule has 0 saturated carbocycles. The average molecular weight is 443 g/mol. The van der Waals surface area contributed by atoms with Crippen LogP contribution in [0.2, 0.25) is 5.02 Å². The van der Waals surface area contributed by atoms with E-state index in [4.69, 9.17) is 16.3 Å². The quantitative estimate of drug-likeness (QED) is 0.528. The number of halogens is 1. The maximum atomic E-state index is 12.7. The molecule has 0 aliphatic carbocycles. The van der Waals surface area contributed by atoms with Crippen molar-refractivity contribution in [3.63, 3.8) is 0 Å². The fraction of sp³-hybridized carbons (Fsp3) is 0.238. The Bertz CT molecular complexity index is 1040. The molecule has 0 unspecified atom stereocenters. The summed E-state index contributed by atoms with van der Waals surface area (Å²) >= 11 is 6.10. The van der Waals surface area contributed by atoms with Crippen LogP contribution in [0.4, 0.5) is 11.4 Å². The third kappa shape index (κ3) is 6.03. The summed E-state index contributed by atoms with van der Waals surface area (Å²) in [6.07, 6.45) is 2.93. The predicted octanol–water partition coefficient (Wildman–Crippen LogP) is 2.83. The molecule has 31 heavy (non-hydrogen) atoms. The second-order valence-corrected chi connectivity index (χ2v) is 7.04. The Labute approximate surface area is 185 Å². The van der Waals surface area contributed by atoms with Crippen molar-refractivity contribution in [2.45, 2.75) is 6.92 Å². The third-order valence-corrected chi connectivity index (χ3v) is 4.70. The van der Waals surface area contributed by atoms with Crippen LogP contribution in [0.5, 0.6) is 5.75 Å². The average Bonchev–Trinajstić information content (AvgIpc) is 3.28. The topological polar surface area (TPSA) is 101 Å². The minimum atomic E-state index is -0.282. The number of rotatable bonds is 9. The zero-order chi connectivity index (χ0) is 22.2. The Morgan fingerprint density at radius 1 is 1.10 bits per heavy atom. The van der Waals surface area contributed by atoms with Gasteiger partial charge in [0, 0.05) is 5.02 Å². The number of nitrogens with one attached hydrogen (secondary N) is 2. The van der Waals surface area contributed by atoms with Crippen LogP contribution < -0.4 is 15.4 Å². The highest BCUT2D eigenvalue weighted by molar-refractivity contribution is 6.31. The number of methoxy groups -OCH3 is 1. The molecule has 10 heteroatoms. The molecule has 1 aromatic heterocycles. The Hall–Kier alpha value is -3.43. The smallest absolute Gasteiger partial charge is 0.238 e. The molecular weight excluding hydrogens is 420 g/mol. The van der Waals surface area contributed by atoms with Crippen molar-refractivity contribution in [1.29, 1.82) is 0 Å². The van der Waals surface area contributed by atoms with E-state index in [-0.39, 0.29) is 24.9 Å². The minimum Gasteiger partial charge on any atom is -0.495 e. The fourth-order valence-corrected chi connectivity index (χ4v) is 3.13. The molecule has 2 N–H and O–H groups in total. The Balaban J connectivity index is 1.63. The Kier molecular flexibility index (Phi) is 7.58. The van der Waals surface area contributed by atoms with Gasteiger partial charge in [0.15, 0.2) is 0 Å². The van der Waals surface area contributed by atoms with Gasteiger partial charge in [-0.1, -0.05) is 30.7 Å². The summed E-state index contributed by atoms with van der Waals surface area (Å²) in [6, 6.07) is 12.2. The summed E-state index contributed by atoms with van der Waals surface area (Å²) in [6.45, 7) is 2.47. The molecule has 9 nitrogen and oxygen atoms in total. The number of benzene rings is 2. The van der Waals surface area contributed by atoms with Crippen LogP contribution >= 0.6 is 11.6 Å². The van der Waals surface area contributed by atoms with Crippen LogP contribution in [0, 0.1) is 0 Å². The first-order valence-corrected chi connectivity index (χ1v) is 9.97. The predicted molar refractivity (Wildman–Crippen MR) is 119 cm³/mol. The van der Waals surface area contributed by atoms with Crippen LogP contribution in [0.1, 0.15) is 6.92 Å². The number of hydrogen-bond acceptors (Lipinski definition) is 6. The number of hydrogen-bond donors (Lipinski definition) is 2. The first-order valence-electron chi connectivity index (χ1n) is 9.59. The van der Waals surface area contributed by atoms with Gasteiger partial charge in [-0.15, -0.1) is 0 Å². The standard InChI is InChI=1S/C21H23ClN6O3/c1-3-27(11-20(29)25-16-6-4-5-7-19(16)31-2)12-21(30)26-17-10-15(22)8-9-18(17)28-14-23-13-24-28/h4-10,13-14H,3,11-12H2,1-2H3,(H,25,29)(H,26,30). The van der Waals surface area contributed by atoms with Gasteiger partial charge in [-0.3, -0.25) is 14.5 Å². The molecule has 0 saturated heterocycles. The number of nitrogens with zero attached hydrogens (tertiary/aromatic N) is 4. The highest BCUT2D eigenvalue weighted by atomic mass is 35.5. The van der Waals surface area contributed by atoms with Crippen LogP contribution in [-0.4, -0.2) is 58.2 Å². The molecule has 0 radical (unpaired) electrons. The summed E-state index contributed by atoms with van der Waals surface area (Å²) in [5.41, 5.74) is 1.71. The molecule has 1 heterocycles.